The van der Waals surface area contributed by atoms with E-state index in [0.29, 0.717) is 35.7 Å². The molecule has 0 aliphatic carbocycles. The van der Waals surface area contributed by atoms with Crippen molar-refractivity contribution >= 4 is 11.8 Å². The molecule has 7 heteroatoms. The van der Waals surface area contributed by atoms with Gasteiger partial charge in [0.1, 0.15) is 0 Å². The molecule has 1 aromatic heterocycles. The van der Waals surface area contributed by atoms with E-state index in [2.05, 4.69) is 22.2 Å². The summed E-state index contributed by atoms with van der Waals surface area (Å²) in [5, 5.41) is 5.43. The number of carbonyl (C=O) groups excluding carboxylic acids is 2. The lowest BCUT2D eigenvalue weighted by Gasteiger charge is -2.07. The van der Waals surface area contributed by atoms with E-state index in [1.807, 2.05) is 12.1 Å². The van der Waals surface area contributed by atoms with E-state index in [0.717, 1.165) is 5.56 Å². The molecule has 2 aromatic rings. The molecule has 0 saturated heterocycles. The smallest absolute Gasteiger partial charge is 0.253 e. The Morgan fingerprint density at radius 1 is 1.08 bits per heavy atom. The van der Waals surface area contributed by atoms with Crippen LogP contribution in [-0.4, -0.2) is 30.1 Å². The quantitative estimate of drug-likeness (QED) is 0.781. The third-order valence-electron chi connectivity index (χ3n) is 3.56. The summed E-state index contributed by atoms with van der Waals surface area (Å²) in [6, 6.07) is 6.97. The second kappa shape index (κ2) is 7.48. The molecule has 1 aliphatic rings. The fourth-order valence-corrected chi connectivity index (χ4v) is 2.29. The Morgan fingerprint density at radius 3 is 2.56 bits per heavy atom. The molecule has 0 unspecified atom stereocenters. The van der Waals surface area contributed by atoms with Gasteiger partial charge in [0, 0.05) is 25.5 Å². The number of pyridine rings is 1. The van der Waals surface area contributed by atoms with E-state index in [9.17, 15) is 9.59 Å². The monoisotopic (exact) mass is 339 g/mol. The Labute approximate surface area is 144 Å². The molecule has 0 fully saturated rings. The summed E-state index contributed by atoms with van der Waals surface area (Å²) < 4.78 is 10.6. The molecule has 7 nitrogen and oxygen atoms in total. The molecule has 1 aliphatic heterocycles. The molecule has 3 rings (SSSR count). The average Bonchev–Trinajstić information content (AvgIpc) is 3.12. The van der Waals surface area contributed by atoms with Crippen LogP contribution in [0.25, 0.3) is 0 Å². The van der Waals surface area contributed by atoms with Gasteiger partial charge in [-0.2, -0.15) is 0 Å². The van der Waals surface area contributed by atoms with Gasteiger partial charge in [-0.1, -0.05) is 12.1 Å². The summed E-state index contributed by atoms with van der Waals surface area (Å²) in [6.07, 6.45) is 4.40. The highest BCUT2D eigenvalue weighted by molar-refractivity contribution is 5.99. The van der Waals surface area contributed by atoms with Crippen molar-refractivity contribution in [2.24, 2.45) is 0 Å². The van der Waals surface area contributed by atoms with Gasteiger partial charge in [0.2, 0.25) is 6.79 Å². The number of carbonyl (C=O) groups is 2. The van der Waals surface area contributed by atoms with Crippen molar-refractivity contribution in [3.05, 3.63) is 66.0 Å². The highest BCUT2D eigenvalue weighted by atomic mass is 16.7. The molecule has 2 N–H and O–H groups in total. The van der Waals surface area contributed by atoms with Gasteiger partial charge in [0.05, 0.1) is 11.1 Å². The molecule has 0 atom stereocenters. The van der Waals surface area contributed by atoms with Gasteiger partial charge >= 0.3 is 0 Å². The van der Waals surface area contributed by atoms with Crippen LogP contribution in [0.2, 0.25) is 0 Å². The predicted molar refractivity (Wildman–Crippen MR) is 90.5 cm³/mol. The van der Waals surface area contributed by atoms with E-state index >= 15 is 0 Å². The highest BCUT2D eigenvalue weighted by Gasteiger charge is 2.14. The summed E-state index contributed by atoms with van der Waals surface area (Å²) in [6.45, 7) is 4.41. The number of hydrogen-bond donors (Lipinski definition) is 2. The number of nitrogens with zero attached hydrogens (tertiary/aromatic N) is 1. The van der Waals surface area contributed by atoms with Crippen molar-refractivity contribution in [3.8, 4) is 11.5 Å². The molecular weight excluding hydrogens is 322 g/mol. The zero-order valence-corrected chi connectivity index (χ0v) is 13.5. The maximum Gasteiger partial charge on any atom is 0.253 e. The number of ether oxygens (including phenoxy) is 2. The van der Waals surface area contributed by atoms with E-state index in [1.54, 1.807) is 12.1 Å². The van der Waals surface area contributed by atoms with Gasteiger partial charge in [-0.05, 0) is 23.8 Å². The second-order valence-corrected chi connectivity index (χ2v) is 5.33. The number of fused-ring (bicyclic) bond motifs is 1. The number of nitrogens with one attached hydrogen (secondary N) is 2. The maximum atomic E-state index is 12.3. The van der Waals surface area contributed by atoms with Gasteiger partial charge in [0.25, 0.3) is 11.8 Å². The number of benzene rings is 1. The summed E-state index contributed by atoms with van der Waals surface area (Å²) in [4.78, 5) is 28.1. The van der Waals surface area contributed by atoms with Crippen LogP contribution in [0.4, 0.5) is 0 Å². The molecule has 1 aromatic carbocycles. The molecule has 0 spiro atoms. The first-order chi connectivity index (χ1) is 12.2. The minimum Gasteiger partial charge on any atom is -0.454 e. The Bertz CT molecular complexity index is 820. The first-order valence-corrected chi connectivity index (χ1v) is 7.68. The fraction of sp³-hybridized carbons (Fsp3) is 0.167. The van der Waals surface area contributed by atoms with Crippen LogP contribution >= 0.6 is 0 Å². The van der Waals surface area contributed by atoms with Gasteiger partial charge in [-0.3, -0.25) is 14.6 Å². The van der Waals surface area contributed by atoms with Crippen LogP contribution < -0.4 is 20.1 Å². The van der Waals surface area contributed by atoms with E-state index in [1.165, 1.54) is 18.5 Å². The van der Waals surface area contributed by atoms with Gasteiger partial charge < -0.3 is 20.1 Å². The molecule has 128 valence electrons. The van der Waals surface area contributed by atoms with Crippen molar-refractivity contribution in [2.75, 3.05) is 13.3 Å². The van der Waals surface area contributed by atoms with Gasteiger partial charge in [-0.15, -0.1) is 6.58 Å². The van der Waals surface area contributed by atoms with Crippen molar-refractivity contribution in [1.82, 2.24) is 15.6 Å². The lowest BCUT2D eigenvalue weighted by atomic mass is 10.1. The predicted octanol–water partition coefficient (Wildman–Crippen LogP) is 1.66. The van der Waals surface area contributed by atoms with Crippen molar-refractivity contribution < 1.29 is 19.1 Å². The summed E-state index contributed by atoms with van der Waals surface area (Å²) >= 11 is 0. The highest BCUT2D eigenvalue weighted by Crippen LogP contribution is 2.32. The van der Waals surface area contributed by atoms with Gasteiger partial charge in [0.15, 0.2) is 11.5 Å². The summed E-state index contributed by atoms with van der Waals surface area (Å²) in [5.41, 5.74) is 1.51. The van der Waals surface area contributed by atoms with E-state index in [4.69, 9.17) is 9.47 Å². The van der Waals surface area contributed by atoms with Crippen molar-refractivity contribution in [3.63, 3.8) is 0 Å². The Hall–Kier alpha value is -3.35. The van der Waals surface area contributed by atoms with Crippen LogP contribution in [0.3, 0.4) is 0 Å². The lowest BCUT2D eigenvalue weighted by molar-refractivity contribution is 0.0950. The molecule has 0 bridgehead atoms. The summed E-state index contributed by atoms with van der Waals surface area (Å²) in [5.74, 6) is 0.730. The van der Waals surface area contributed by atoms with Crippen molar-refractivity contribution in [1.29, 1.82) is 0 Å². The third-order valence-corrected chi connectivity index (χ3v) is 3.56. The molecule has 25 heavy (non-hydrogen) atoms. The third kappa shape index (κ3) is 3.95. The van der Waals surface area contributed by atoms with Gasteiger partial charge in [-0.25, -0.2) is 0 Å². The molecular formula is C18H17N3O4. The van der Waals surface area contributed by atoms with Crippen LogP contribution in [-0.2, 0) is 6.54 Å². The number of hydrogen-bond acceptors (Lipinski definition) is 5. The summed E-state index contributed by atoms with van der Waals surface area (Å²) in [7, 11) is 0. The second-order valence-electron chi connectivity index (χ2n) is 5.33. The maximum absolute atomic E-state index is 12.3. The molecule has 2 amide bonds. The average molecular weight is 339 g/mol. The van der Waals surface area contributed by atoms with E-state index in [-0.39, 0.29) is 18.6 Å². The van der Waals surface area contributed by atoms with Crippen LogP contribution in [0, 0.1) is 0 Å². The van der Waals surface area contributed by atoms with Crippen LogP contribution in [0.5, 0.6) is 11.5 Å². The Kier molecular flexibility index (Phi) is 4.94. The minimum absolute atomic E-state index is 0.206. The SMILES string of the molecule is C=CCNC(=O)c1cncc(C(=O)NCc2ccc3c(c2)OCO3)c1. The zero-order chi connectivity index (χ0) is 17.6. The first-order valence-electron chi connectivity index (χ1n) is 7.68. The van der Waals surface area contributed by atoms with E-state index < -0.39 is 0 Å². The fourth-order valence-electron chi connectivity index (χ4n) is 2.29. The molecule has 0 saturated carbocycles. The first kappa shape index (κ1) is 16.5. The molecule has 0 radical (unpaired) electrons. The number of aromatic nitrogens is 1. The largest absolute Gasteiger partial charge is 0.454 e. The zero-order valence-electron chi connectivity index (χ0n) is 13.5. The van der Waals surface area contributed by atoms with Crippen LogP contribution in [0.15, 0.2) is 49.3 Å². The topological polar surface area (TPSA) is 89.6 Å². The minimum atomic E-state index is -0.316. The Morgan fingerprint density at radius 2 is 1.80 bits per heavy atom. The van der Waals surface area contributed by atoms with Crippen LogP contribution in [0.1, 0.15) is 26.3 Å². The molecule has 2 heterocycles. The Balaban J connectivity index is 1.63. The van der Waals surface area contributed by atoms with Crippen molar-refractivity contribution in [2.45, 2.75) is 6.54 Å². The normalized spacial score (nSPS) is 11.7. The standard InChI is InChI=1S/C18H17N3O4/c1-2-5-20-17(22)13-7-14(10-19-9-13)18(23)21-8-12-3-4-15-16(6-12)25-11-24-15/h2-4,6-7,9-10H,1,5,8,11H2,(H,20,22)(H,21,23). The lowest BCUT2D eigenvalue weighted by Crippen LogP contribution is -2.26. The number of amides is 2. The number of rotatable bonds is 6.